The molecule has 1 N–H and O–H groups in total. The molecule has 4 fully saturated rings. The van der Waals surface area contributed by atoms with Gasteiger partial charge in [-0.15, -0.1) is 0 Å². The summed E-state index contributed by atoms with van der Waals surface area (Å²) >= 11 is 0. The minimum atomic E-state index is -0.226. The number of hydrogen-bond acceptors (Lipinski definition) is 4. The van der Waals surface area contributed by atoms with Crippen LogP contribution in [0.25, 0.3) is 0 Å². The Bertz CT molecular complexity index is 718. The molecule has 4 rings (SSSR count). The summed E-state index contributed by atoms with van der Waals surface area (Å²) in [6, 6.07) is 0. The van der Waals surface area contributed by atoms with Crippen molar-refractivity contribution >= 4 is 11.8 Å². The van der Waals surface area contributed by atoms with Crippen LogP contribution < -0.4 is 0 Å². The predicted octanol–water partition coefficient (Wildman–Crippen LogP) is 5.80. The van der Waals surface area contributed by atoms with Gasteiger partial charge < -0.3 is 9.84 Å². The van der Waals surface area contributed by atoms with Crippen LogP contribution in [0.5, 0.6) is 0 Å². The van der Waals surface area contributed by atoms with Gasteiger partial charge in [-0.1, -0.05) is 27.7 Å². The Balaban J connectivity index is 1.56. The van der Waals surface area contributed by atoms with Gasteiger partial charge in [0.2, 0.25) is 0 Å². The van der Waals surface area contributed by atoms with Gasteiger partial charge >= 0.3 is 5.97 Å². The lowest BCUT2D eigenvalue weighted by Crippen LogP contribution is -2.60. The molecule has 0 aliphatic heterocycles. The zero-order valence-corrected chi connectivity index (χ0v) is 21.1. The third kappa shape index (κ3) is 3.77. The minimum Gasteiger partial charge on any atom is -0.466 e. The van der Waals surface area contributed by atoms with E-state index in [1.54, 1.807) is 0 Å². The van der Waals surface area contributed by atoms with Gasteiger partial charge in [-0.3, -0.25) is 9.59 Å². The number of esters is 1. The lowest BCUT2D eigenvalue weighted by Gasteiger charge is -2.62. The summed E-state index contributed by atoms with van der Waals surface area (Å²) in [5.41, 5.74) is 0.411. The SMILES string of the molecule is CCOC(=O)CC[C@@H](C)[C@H]1CC[C@H]2[C@@H]3C(=O)[C@H](CC)[C@@H]4C[C@H](O)CC[C@]4(C)[C@H]3CC[C@]12C. The molecular formula is C28H46O4. The first kappa shape index (κ1) is 24.2. The third-order valence-corrected chi connectivity index (χ3v) is 11.0. The fourth-order valence-electron chi connectivity index (χ4n) is 9.39. The van der Waals surface area contributed by atoms with Crippen molar-refractivity contribution in [1.82, 2.24) is 0 Å². The molecule has 0 saturated heterocycles. The van der Waals surface area contributed by atoms with Crippen molar-refractivity contribution in [2.75, 3.05) is 6.61 Å². The molecule has 0 spiro atoms. The summed E-state index contributed by atoms with van der Waals surface area (Å²) in [6.45, 7) is 11.8. The quantitative estimate of drug-likeness (QED) is 0.524. The van der Waals surface area contributed by atoms with Gasteiger partial charge in [-0.25, -0.2) is 0 Å². The summed E-state index contributed by atoms with van der Waals surface area (Å²) < 4.78 is 5.16. The second kappa shape index (κ2) is 9.04. The number of hydrogen-bond donors (Lipinski definition) is 1. The number of rotatable bonds is 6. The van der Waals surface area contributed by atoms with E-state index in [9.17, 15) is 14.7 Å². The Hall–Kier alpha value is -0.900. The Morgan fingerprint density at radius 3 is 2.44 bits per heavy atom. The first-order chi connectivity index (χ1) is 15.2. The first-order valence-electron chi connectivity index (χ1n) is 13.5. The molecule has 182 valence electrons. The Morgan fingerprint density at radius 2 is 1.75 bits per heavy atom. The van der Waals surface area contributed by atoms with Crippen LogP contribution in [0, 0.1) is 52.3 Å². The highest BCUT2D eigenvalue weighted by Crippen LogP contribution is 2.68. The van der Waals surface area contributed by atoms with Crippen molar-refractivity contribution in [3.8, 4) is 0 Å². The van der Waals surface area contributed by atoms with E-state index in [0.29, 0.717) is 48.4 Å². The predicted molar refractivity (Wildman–Crippen MR) is 126 cm³/mol. The highest BCUT2D eigenvalue weighted by molar-refractivity contribution is 5.86. The van der Waals surface area contributed by atoms with Crippen LogP contribution in [0.4, 0.5) is 0 Å². The maximum Gasteiger partial charge on any atom is 0.305 e. The molecule has 0 amide bonds. The van der Waals surface area contributed by atoms with Crippen LogP contribution in [0.2, 0.25) is 0 Å². The maximum absolute atomic E-state index is 14.0. The van der Waals surface area contributed by atoms with E-state index in [2.05, 4.69) is 27.7 Å². The van der Waals surface area contributed by atoms with E-state index < -0.39 is 0 Å². The molecule has 4 aliphatic carbocycles. The van der Waals surface area contributed by atoms with Crippen molar-refractivity contribution < 1.29 is 19.4 Å². The third-order valence-electron chi connectivity index (χ3n) is 11.0. The van der Waals surface area contributed by atoms with Crippen LogP contribution in [0.1, 0.15) is 98.8 Å². The van der Waals surface area contributed by atoms with Crippen LogP contribution >= 0.6 is 0 Å². The summed E-state index contributed by atoms with van der Waals surface area (Å²) in [7, 11) is 0. The number of aliphatic hydroxyl groups excluding tert-OH is 1. The van der Waals surface area contributed by atoms with Crippen molar-refractivity contribution in [3.63, 3.8) is 0 Å². The van der Waals surface area contributed by atoms with E-state index in [4.69, 9.17) is 4.74 Å². The molecule has 4 saturated carbocycles. The van der Waals surface area contributed by atoms with Gasteiger partial charge in [-0.2, -0.15) is 0 Å². The van der Waals surface area contributed by atoms with E-state index >= 15 is 0 Å². The Morgan fingerprint density at radius 1 is 1.06 bits per heavy atom. The summed E-state index contributed by atoms with van der Waals surface area (Å²) in [6.07, 6.45) is 9.61. The molecule has 0 bridgehead atoms. The van der Waals surface area contributed by atoms with Crippen molar-refractivity contribution in [2.45, 2.75) is 105 Å². The van der Waals surface area contributed by atoms with E-state index in [-0.39, 0.29) is 34.7 Å². The number of Topliss-reactive ketones (excluding diaryl/α,β-unsaturated/α-hetero) is 1. The first-order valence-corrected chi connectivity index (χ1v) is 13.5. The molecule has 0 aromatic rings. The van der Waals surface area contributed by atoms with Crippen LogP contribution in [-0.2, 0) is 14.3 Å². The second-order valence-electron chi connectivity index (χ2n) is 12.2. The molecule has 0 aromatic heterocycles. The second-order valence-corrected chi connectivity index (χ2v) is 12.2. The normalized spacial score (nSPS) is 46.7. The molecule has 10 atom stereocenters. The molecule has 0 unspecified atom stereocenters. The number of carbonyl (C=O) groups excluding carboxylic acids is 2. The highest BCUT2D eigenvalue weighted by Gasteiger charge is 2.65. The fraction of sp³-hybridized carbons (Fsp3) is 0.929. The fourth-order valence-corrected chi connectivity index (χ4v) is 9.39. The Labute approximate surface area is 195 Å². The van der Waals surface area contributed by atoms with Crippen LogP contribution in [0.15, 0.2) is 0 Å². The molecular weight excluding hydrogens is 400 g/mol. The van der Waals surface area contributed by atoms with Gasteiger partial charge in [0.05, 0.1) is 12.7 Å². The minimum absolute atomic E-state index is 0.0746. The smallest absolute Gasteiger partial charge is 0.305 e. The molecule has 4 nitrogen and oxygen atoms in total. The van der Waals surface area contributed by atoms with E-state index in [1.807, 2.05) is 6.92 Å². The average molecular weight is 447 g/mol. The van der Waals surface area contributed by atoms with Gasteiger partial charge in [0, 0.05) is 18.3 Å². The van der Waals surface area contributed by atoms with Gasteiger partial charge in [0.1, 0.15) is 5.78 Å². The molecule has 32 heavy (non-hydrogen) atoms. The number of carbonyl (C=O) groups is 2. The van der Waals surface area contributed by atoms with E-state index in [1.165, 1.54) is 12.8 Å². The van der Waals surface area contributed by atoms with Crippen LogP contribution in [-0.4, -0.2) is 29.6 Å². The van der Waals surface area contributed by atoms with E-state index in [0.717, 1.165) is 44.9 Å². The lowest BCUT2D eigenvalue weighted by atomic mass is 9.42. The summed E-state index contributed by atoms with van der Waals surface area (Å²) in [5, 5.41) is 10.4. The van der Waals surface area contributed by atoms with Crippen molar-refractivity contribution in [2.24, 2.45) is 52.3 Å². The average Bonchev–Trinajstić information content (AvgIpc) is 3.11. The topological polar surface area (TPSA) is 63.6 Å². The lowest BCUT2D eigenvalue weighted by molar-refractivity contribution is -0.173. The number of ketones is 1. The molecule has 4 aliphatic rings. The van der Waals surface area contributed by atoms with Gasteiger partial charge in [-0.05, 0) is 105 Å². The monoisotopic (exact) mass is 446 g/mol. The summed E-state index contributed by atoms with van der Waals surface area (Å²) in [5.74, 6) is 3.20. The van der Waals surface area contributed by atoms with Gasteiger partial charge in [0.15, 0.2) is 0 Å². The molecule has 0 aromatic carbocycles. The number of fused-ring (bicyclic) bond motifs is 5. The maximum atomic E-state index is 14.0. The number of ether oxygens (including phenoxy) is 1. The molecule has 0 heterocycles. The zero-order valence-electron chi connectivity index (χ0n) is 21.1. The standard InChI is InChI=1S/C28H46O4/c1-6-19-23-16-18(29)12-14-28(23,5)22-13-15-27(4)20(9-10-21(27)25(22)26(19)31)17(3)8-11-24(30)32-7-2/h17-23,25,29H,6-16H2,1-5H3/t17-,18-,19-,20-,21+,22+,23+,25+,27-,28-/m1/s1. The molecule has 0 radical (unpaired) electrons. The van der Waals surface area contributed by atoms with Gasteiger partial charge in [0.25, 0.3) is 0 Å². The molecule has 4 heteroatoms. The largest absolute Gasteiger partial charge is 0.466 e. The zero-order chi connectivity index (χ0) is 23.3. The Kier molecular flexibility index (Phi) is 6.85. The highest BCUT2D eigenvalue weighted by atomic mass is 16.5. The van der Waals surface area contributed by atoms with Crippen molar-refractivity contribution in [3.05, 3.63) is 0 Å². The van der Waals surface area contributed by atoms with Crippen molar-refractivity contribution in [1.29, 1.82) is 0 Å². The van der Waals surface area contributed by atoms with Crippen LogP contribution in [0.3, 0.4) is 0 Å². The number of aliphatic hydroxyl groups is 1. The summed E-state index contributed by atoms with van der Waals surface area (Å²) in [4.78, 5) is 25.9.